The van der Waals surface area contributed by atoms with Crippen LogP contribution in [0.25, 0.3) is 0 Å². The number of aryl methyl sites for hydroxylation is 1. The highest BCUT2D eigenvalue weighted by Crippen LogP contribution is 2.20. The maximum Gasteiger partial charge on any atom is 0.131 e. The lowest BCUT2D eigenvalue weighted by Gasteiger charge is -2.20. The van der Waals surface area contributed by atoms with Crippen molar-refractivity contribution in [2.24, 2.45) is 0 Å². The lowest BCUT2D eigenvalue weighted by atomic mass is 10.1. The molecule has 0 aliphatic carbocycles. The third-order valence-electron chi connectivity index (χ3n) is 2.99. The van der Waals surface area contributed by atoms with Gasteiger partial charge in [-0.2, -0.15) is 0 Å². The van der Waals surface area contributed by atoms with E-state index in [0.29, 0.717) is 18.0 Å². The Morgan fingerprint density at radius 1 is 1.32 bits per heavy atom. The smallest absolute Gasteiger partial charge is 0.131 e. The van der Waals surface area contributed by atoms with Crippen molar-refractivity contribution in [2.45, 2.75) is 19.3 Å². The van der Waals surface area contributed by atoms with E-state index in [9.17, 15) is 4.39 Å². The molecule has 2 aromatic rings. The van der Waals surface area contributed by atoms with Gasteiger partial charge in [-0.3, -0.25) is 0 Å². The first-order valence-corrected chi connectivity index (χ1v) is 6.61. The molecule has 100 valence electrons. The summed E-state index contributed by atoms with van der Waals surface area (Å²) in [6, 6.07) is 8.79. The minimum absolute atomic E-state index is 0.190. The molecule has 0 amide bonds. The molecule has 19 heavy (non-hydrogen) atoms. The molecule has 0 saturated carbocycles. The predicted molar refractivity (Wildman–Crippen MR) is 77.0 cm³/mol. The van der Waals surface area contributed by atoms with Crippen molar-refractivity contribution in [1.29, 1.82) is 0 Å². The molecule has 0 aliphatic heterocycles. The molecular weight excluding hydrogens is 263 g/mol. The van der Waals surface area contributed by atoms with Crippen LogP contribution in [0.1, 0.15) is 16.7 Å². The van der Waals surface area contributed by atoms with E-state index < -0.39 is 0 Å². The highest BCUT2D eigenvalue weighted by Gasteiger charge is 2.10. The van der Waals surface area contributed by atoms with E-state index in [1.54, 1.807) is 18.3 Å². The Kier molecular flexibility index (Phi) is 4.38. The van der Waals surface area contributed by atoms with E-state index in [4.69, 9.17) is 11.6 Å². The standard InChI is InChI=1S/C15H16ClFN2/c1-11-7-12(8-16)9-18-15(11)19(2)10-13-5-3-4-6-14(13)17/h3-7,9H,8,10H2,1-2H3. The minimum Gasteiger partial charge on any atom is -0.355 e. The monoisotopic (exact) mass is 278 g/mol. The molecule has 0 N–H and O–H groups in total. The molecule has 0 unspecified atom stereocenters. The summed E-state index contributed by atoms with van der Waals surface area (Å²) in [5.74, 6) is 1.10. The lowest BCUT2D eigenvalue weighted by molar-refractivity contribution is 0.607. The highest BCUT2D eigenvalue weighted by molar-refractivity contribution is 6.17. The van der Waals surface area contributed by atoms with Crippen LogP contribution in [0.2, 0.25) is 0 Å². The fourth-order valence-corrected chi connectivity index (χ4v) is 2.20. The predicted octanol–water partition coefficient (Wildman–Crippen LogP) is 3.90. The number of aromatic nitrogens is 1. The molecule has 0 atom stereocenters. The Morgan fingerprint density at radius 2 is 2.05 bits per heavy atom. The third-order valence-corrected chi connectivity index (χ3v) is 3.30. The molecule has 2 rings (SSSR count). The van der Waals surface area contributed by atoms with Crippen LogP contribution in [0.15, 0.2) is 36.5 Å². The zero-order valence-electron chi connectivity index (χ0n) is 11.0. The van der Waals surface area contributed by atoms with Gasteiger partial charge in [0, 0.05) is 31.2 Å². The van der Waals surface area contributed by atoms with Gasteiger partial charge < -0.3 is 4.90 Å². The average Bonchev–Trinajstić information content (AvgIpc) is 2.41. The number of anilines is 1. The number of nitrogens with zero attached hydrogens (tertiary/aromatic N) is 2. The van der Waals surface area contributed by atoms with Gasteiger partial charge in [-0.1, -0.05) is 18.2 Å². The normalized spacial score (nSPS) is 10.5. The number of alkyl halides is 1. The summed E-state index contributed by atoms with van der Waals surface area (Å²) in [6.45, 7) is 2.47. The van der Waals surface area contributed by atoms with E-state index in [2.05, 4.69) is 4.98 Å². The Labute approximate surface area is 117 Å². The fraction of sp³-hybridized carbons (Fsp3) is 0.267. The van der Waals surface area contributed by atoms with Crippen molar-refractivity contribution >= 4 is 17.4 Å². The lowest BCUT2D eigenvalue weighted by Crippen LogP contribution is -2.19. The summed E-state index contributed by atoms with van der Waals surface area (Å²) >= 11 is 5.78. The molecule has 0 saturated heterocycles. The maximum absolute atomic E-state index is 13.6. The quantitative estimate of drug-likeness (QED) is 0.789. The Bertz CT molecular complexity index is 572. The van der Waals surface area contributed by atoms with Gasteiger partial charge in [0.25, 0.3) is 0 Å². The number of benzene rings is 1. The molecule has 1 aromatic carbocycles. The largest absolute Gasteiger partial charge is 0.355 e. The number of halogens is 2. The summed E-state index contributed by atoms with van der Waals surface area (Å²) in [4.78, 5) is 6.33. The van der Waals surface area contributed by atoms with Gasteiger partial charge in [-0.15, -0.1) is 11.6 Å². The van der Waals surface area contributed by atoms with Crippen LogP contribution >= 0.6 is 11.6 Å². The van der Waals surface area contributed by atoms with Crippen molar-refractivity contribution < 1.29 is 4.39 Å². The molecule has 4 heteroatoms. The third kappa shape index (κ3) is 3.24. The number of rotatable bonds is 4. The number of pyridine rings is 1. The molecular formula is C15H16ClFN2. The van der Waals surface area contributed by atoms with Gasteiger partial charge in [0.2, 0.25) is 0 Å². The molecule has 0 radical (unpaired) electrons. The van der Waals surface area contributed by atoms with E-state index in [0.717, 1.165) is 16.9 Å². The first kappa shape index (κ1) is 13.8. The van der Waals surface area contributed by atoms with Crippen LogP contribution in [0, 0.1) is 12.7 Å². The molecule has 1 aromatic heterocycles. The van der Waals surface area contributed by atoms with Gasteiger partial charge in [-0.05, 0) is 30.2 Å². The van der Waals surface area contributed by atoms with Gasteiger partial charge >= 0.3 is 0 Å². The highest BCUT2D eigenvalue weighted by atomic mass is 35.5. The maximum atomic E-state index is 13.6. The van der Waals surface area contributed by atoms with Gasteiger partial charge in [0.05, 0.1) is 0 Å². The van der Waals surface area contributed by atoms with Gasteiger partial charge in [0.1, 0.15) is 11.6 Å². The van der Waals surface area contributed by atoms with E-state index in [1.807, 2.05) is 31.0 Å². The Balaban J connectivity index is 2.21. The van der Waals surface area contributed by atoms with Crippen LogP contribution in [0.3, 0.4) is 0 Å². The molecule has 2 nitrogen and oxygen atoms in total. The fourth-order valence-electron chi connectivity index (χ4n) is 2.06. The van der Waals surface area contributed by atoms with Crippen LogP contribution in [-0.4, -0.2) is 12.0 Å². The van der Waals surface area contributed by atoms with Crippen LogP contribution in [-0.2, 0) is 12.4 Å². The topological polar surface area (TPSA) is 16.1 Å². The van der Waals surface area contributed by atoms with Crippen molar-refractivity contribution in [3.63, 3.8) is 0 Å². The van der Waals surface area contributed by atoms with Crippen LogP contribution in [0.4, 0.5) is 10.2 Å². The van der Waals surface area contributed by atoms with Crippen LogP contribution < -0.4 is 4.90 Å². The van der Waals surface area contributed by atoms with Crippen molar-refractivity contribution in [3.8, 4) is 0 Å². The molecule has 1 heterocycles. The van der Waals surface area contributed by atoms with Crippen LogP contribution in [0.5, 0.6) is 0 Å². The SMILES string of the molecule is Cc1cc(CCl)cnc1N(C)Cc1ccccc1F. The van der Waals surface area contributed by atoms with Crippen molar-refractivity contribution in [1.82, 2.24) is 4.98 Å². The summed E-state index contributed by atoms with van der Waals surface area (Å²) in [5.41, 5.74) is 2.69. The van der Waals surface area contributed by atoms with Gasteiger partial charge in [-0.25, -0.2) is 9.37 Å². The molecule has 0 spiro atoms. The van der Waals surface area contributed by atoms with E-state index >= 15 is 0 Å². The molecule has 0 bridgehead atoms. The Morgan fingerprint density at radius 3 is 2.68 bits per heavy atom. The molecule has 0 aliphatic rings. The van der Waals surface area contributed by atoms with E-state index in [-0.39, 0.29) is 5.82 Å². The first-order chi connectivity index (χ1) is 9.11. The second-order valence-electron chi connectivity index (χ2n) is 4.57. The summed E-state index contributed by atoms with van der Waals surface area (Å²) < 4.78 is 13.6. The zero-order valence-corrected chi connectivity index (χ0v) is 11.8. The zero-order chi connectivity index (χ0) is 13.8. The Hall–Kier alpha value is -1.61. The molecule has 0 fully saturated rings. The van der Waals surface area contributed by atoms with Crippen molar-refractivity contribution in [3.05, 3.63) is 59.0 Å². The number of hydrogen-bond acceptors (Lipinski definition) is 2. The van der Waals surface area contributed by atoms with E-state index in [1.165, 1.54) is 6.07 Å². The second-order valence-corrected chi connectivity index (χ2v) is 4.83. The van der Waals surface area contributed by atoms with Gasteiger partial charge in [0.15, 0.2) is 0 Å². The summed E-state index contributed by atoms with van der Waals surface area (Å²) in [7, 11) is 1.90. The minimum atomic E-state index is -0.190. The average molecular weight is 279 g/mol. The first-order valence-electron chi connectivity index (χ1n) is 6.08. The summed E-state index contributed by atoms with van der Waals surface area (Å²) in [6.07, 6.45) is 1.76. The summed E-state index contributed by atoms with van der Waals surface area (Å²) in [5, 5.41) is 0. The van der Waals surface area contributed by atoms with Crippen molar-refractivity contribution in [2.75, 3.05) is 11.9 Å². The second kappa shape index (κ2) is 6.02. The number of hydrogen-bond donors (Lipinski definition) is 0.